The highest BCUT2D eigenvalue weighted by molar-refractivity contribution is 7.99. The second-order valence-corrected chi connectivity index (χ2v) is 15.8. The highest BCUT2D eigenvalue weighted by Crippen LogP contribution is 2.65. The first-order valence-electron chi connectivity index (χ1n) is 19.2. The van der Waals surface area contributed by atoms with Crippen LogP contribution in [0.15, 0.2) is 214 Å². The van der Waals surface area contributed by atoms with Gasteiger partial charge in [0.1, 0.15) is 5.58 Å². The van der Waals surface area contributed by atoms with Crippen molar-refractivity contribution >= 4 is 61.5 Å². The molecule has 10 aromatic rings. The van der Waals surface area contributed by atoms with Crippen LogP contribution in [0.5, 0.6) is 0 Å². The predicted octanol–water partition coefficient (Wildman–Crippen LogP) is 14.7. The van der Waals surface area contributed by atoms with E-state index in [2.05, 4.69) is 205 Å². The summed E-state index contributed by atoms with van der Waals surface area (Å²) in [5.74, 6) is 0. The van der Waals surface area contributed by atoms with E-state index in [1.807, 2.05) is 11.8 Å². The molecule has 0 N–H and O–H groups in total. The van der Waals surface area contributed by atoms with Crippen LogP contribution in [0.1, 0.15) is 22.3 Å². The van der Waals surface area contributed by atoms with E-state index in [0.29, 0.717) is 0 Å². The van der Waals surface area contributed by atoms with E-state index in [4.69, 9.17) is 4.42 Å². The van der Waals surface area contributed by atoms with Gasteiger partial charge in [0.15, 0.2) is 5.58 Å². The van der Waals surface area contributed by atoms with Gasteiger partial charge in [0.25, 0.3) is 0 Å². The smallest absolute Gasteiger partial charge is 0.159 e. The molecule has 1 aromatic heterocycles. The van der Waals surface area contributed by atoms with Crippen LogP contribution in [0.25, 0.3) is 55.0 Å². The van der Waals surface area contributed by atoms with Gasteiger partial charge in [-0.1, -0.05) is 176 Å². The summed E-state index contributed by atoms with van der Waals surface area (Å²) in [6, 6.07) is 73.2. The zero-order chi connectivity index (χ0) is 36.8. The van der Waals surface area contributed by atoms with Gasteiger partial charge in [-0.25, -0.2) is 0 Å². The van der Waals surface area contributed by atoms with Crippen LogP contribution in [-0.4, -0.2) is 0 Å². The molecular weight excluding hydrogens is 699 g/mol. The third-order valence-corrected chi connectivity index (χ3v) is 13.1. The first kappa shape index (κ1) is 31.5. The van der Waals surface area contributed by atoms with Crippen LogP contribution < -0.4 is 4.90 Å². The van der Waals surface area contributed by atoms with Crippen molar-refractivity contribution in [2.75, 3.05) is 4.90 Å². The summed E-state index contributed by atoms with van der Waals surface area (Å²) < 4.78 is 6.87. The fourth-order valence-electron chi connectivity index (χ4n) is 9.70. The molecule has 1 aliphatic carbocycles. The van der Waals surface area contributed by atoms with Gasteiger partial charge in [0, 0.05) is 31.7 Å². The van der Waals surface area contributed by atoms with Crippen LogP contribution in [0, 0.1) is 0 Å². The quantitative estimate of drug-likeness (QED) is 0.179. The number of hydrogen-bond donors (Lipinski definition) is 0. The molecule has 0 fully saturated rings. The standard InChI is InChI=1S/C53H33NOS/c1-2-16-34(17-3-1)36-19-6-10-26-44(36)54(46-28-14-22-39-38-21-7-11-29-47(38)55-52(39)46)45-27-15-25-42-51(45)50-37-20-5-4-18-35(37)32-33-43(50)53(42)40-23-8-12-30-48(40)56-49-31-13-9-24-41(49)53/h1-33H. The SMILES string of the molecule is c1ccc(-c2ccccc2N(c2cccc3c2-c2c(ccc4ccccc24)C32c3ccccc3Sc3ccccc32)c2cccc3c2oc2ccccc23)cc1. The van der Waals surface area contributed by atoms with E-state index < -0.39 is 5.41 Å². The first-order chi connectivity index (χ1) is 27.8. The fraction of sp³-hybridized carbons (Fsp3) is 0.0189. The lowest BCUT2D eigenvalue weighted by molar-refractivity contribution is 0.669. The minimum Gasteiger partial charge on any atom is -0.454 e. The number of para-hydroxylation sites is 3. The number of furan rings is 1. The Labute approximate surface area is 329 Å². The normalized spacial score (nSPS) is 13.4. The minimum atomic E-state index is -0.529. The molecule has 2 heterocycles. The van der Waals surface area contributed by atoms with E-state index in [0.717, 1.165) is 50.1 Å². The third-order valence-electron chi connectivity index (χ3n) is 11.9. The monoisotopic (exact) mass is 731 g/mol. The molecule has 2 aliphatic rings. The van der Waals surface area contributed by atoms with Crippen LogP contribution in [0.3, 0.4) is 0 Å². The molecule has 3 heteroatoms. The van der Waals surface area contributed by atoms with Crippen molar-refractivity contribution in [3.8, 4) is 22.3 Å². The largest absolute Gasteiger partial charge is 0.454 e. The number of hydrogen-bond acceptors (Lipinski definition) is 3. The molecule has 12 rings (SSSR count). The Balaban J connectivity index is 1.26. The number of fused-ring (bicyclic) bond motifs is 14. The van der Waals surface area contributed by atoms with Crippen LogP contribution in [0.4, 0.5) is 17.1 Å². The molecule has 0 radical (unpaired) electrons. The Morgan fingerprint density at radius 2 is 0.982 bits per heavy atom. The molecule has 1 aliphatic heterocycles. The average molecular weight is 732 g/mol. The van der Waals surface area contributed by atoms with Crippen molar-refractivity contribution in [2.45, 2.75) is 15.2 Å². The molecule has 1 spiro atoms. The van der Waals surface area contributed by atoms with Crippen molar-refractivity contribution in [3.63, 3.8) is 0 Å². The molecule has 262 valence electrons. The number of nitrogens with zero attached hydrogens (tertiary/aromatic N) is 1. The number of anilines is 3. The molecule has 0 saturated carbocycles. The van der Waals surface area contributed by atoms with Gasteiger partial charge in [0.2, 0.25) is 0 Å². The molecule has 0 unspecified atom stereocenters. The summed E-state index contributed by atoms with van der Waals surface area (Å²) >= 11 is 1.88. The summed E-state index contributed by atoms with van der Waals surface area (Å²) in [4.78, 5) is 5.06. The molecule has 0 amide bonds. The maximum Gasteiger partial charge on any atom is 0.159 e. The van der Waals surface area contributed by atoms with Crippen molar-refractivity contribution < 1.29 is 4.42 Å². The maximum absolute atomic E-state index is 6.87. The van der Waals surface area contributed by atoms with E-state index in [9.17, 15) is 0 Å². The maximum atomic E-state index is 6.87. The molecular formula is C53H33NOS. The van der Waals surface area contributed by atoms with E-state index >= 15 is 0 Å². The van der Waals surface area contributed by atoms with Crippen LogP contribution >= 0.6 is 11.8 Å². The molecule has 9 aromatic carbocycles. The van der Waals surface area contributed by atoms with E-state index in [1.54, 1.807) is 0 Å². The highest BCUT2D eigenvalue weighted by Gasteiger charge is 2.51. The summed E-state index contributed by atoms with van der Waals surface area (Å²) in [6.45, 7) is 0. The van der Waals surface area contributed by atoms with Crippen molar-refractivity contribution in [1.29, 1.82) is 0 Å². The van der Waals surface area contributed by atoms with Gasteiger partial charge in [-0.15, -0.1) is 0 Å². The topological polar surface area (TPSA) is 16.4 Å². The summed E-state index contributed by atoms with van der Waals surface area (Å²) in [6.07, 6.45) is 0. The van der Waals surface area contributed by atoms with Crippen molar-refractivity contribution in [3.05, 3.63) is 222 Å². The lowest BCUT2D eigenvalue weighted by Crippen LogP contribution is -2.32. The van der Waals surface area contributed by atoms with Crippen LogP contribution in [0.2, 0.25) is 0 Å². The predicted molar refractivity (Wildman–Crippen MR) is 233 cm³/mol. The molecule has 0 saturated heterocycles. The average Bonchev–Trinajstić information content (AvgIpc) is 3.80. The van der Waals surface area contributed by atoms with Gasteiger partial charge in [-0.2, -0.15) is 0 Å². The summed E-state index contributed by atoms with van der Waals surface area (Å²) in [5, 5.41) is 4.69. The zero-order valence-corrected chi connectivity index (χ0v) is 31.1. The second-order valence-electron chi connectivity index (χ2n) is 14.7. The number of benzene rings is 9. The molecule has 0 atom stereocenters. The first-order valence-corrected chi connectivity index (χ1v) is 20.0. The van der Waals surface area contributed by atoms with Gasteiger partial charge < -0.3 is 9.32 Å². The van der Waals surface area contributed by atoms with Gasteiger partial charge >= 0.3 is 0 Å². The zero-order valence-electron chi connectivity index (χ0n) is 30.3. The fourth-order valence-corrected chi connectivity index (χ4v) is 10.9. The second kappa shape index (κ2) is 12.1. The van der Waals surface area contributed by atoms with Crippen molar-refractivity contribution in [2.24, 2.45) is 0 Å². The van der Waals surface area contributed by atoms with Crippen molar-refractivity contribution in [1.82, 2.24) is 0 Å². The third kappa shape index (κ3) is 4.29. The Morgan fingerprint density at radius 3 is 1.82 bits per heavy atom. The van der Waals surface area contributed by atoms with Gasteiger partial charge in [-0.05, 0) is 80.6 Å². The lowest BCUT2D eigenvalue weighted by atomic mass is 9.67. The molecule has 56 heavy (non-hydrogen) atoms. The Hall–Kier alpha value is -6.81. The van der Waals surface area contributed by atoms with Crippen LogP contribution in [-0.2, 0) is 5.41 Å². The minimum absolute atomic E-state index is 0.529. The Bertz CT molecular complexity index is 3150. The van der Waals surface area contributed by atoms with E-state index in [-0.39, 0.29) is 0 Å². The van der Waals surface area contributed by atoms with Gasteiger partial charge in [0.05, 0.1) is 22.5 Å². The van der Waals surface area contributed by atoms with Gasteiger partial charge in [-0.3, -0.25) is 0 Å². The Kier molecular flexibility index (Phi) is 6.81. The number of rotatable bonds is 4. The van der Waals surface area contributed by atoms with E-state index in [1.165, 1.54) is 53.9 Å². The summed E-state index contributed by atoms with van der Waals surface area (Å²) in [5.41, 5.74) is 14.5. The summed E-state index contributed by atoms with van der Waals surface area (Å²) in [7, 11) is 0. The highest BCUT2D eigenvalue weighted by atomic mass is 32.2. The Morgan fingerprint density at radius 1 is 0.393 bits per heavy atom. The molecule has 2 nitrogen and oxygen atoms in total. The molecule has 0 bridgehead atoms. The lowest BCUT2D eigenvalue weighted by Gasteiger charge is -2.40.